The largest absolute Gasteiger partial charge is 0.236 e. The van der Waals surface area contributed by atoms with Gasteiger partial charge in [-0.3, -0.25) is 0 Å². The molecule has 1 heterocycles. The molecule has 0 bridgehead atoms. The Morgan fingerprint density at radius 2 is 1.71 bits per heavy atom. The second kappa shape index (κ2) is 8.43. The predicted octanol–water partition coefficient (Wildman–Crippen LogP) is 6.19. The van der Waals surface area contributed by atoms with Crippen LogP contribution in [0.25, 0.3) is 11.1 Å². The second-order valence-electron chi connectivity index (χ2n) is 4.35. The molecule has 2 heteroatoms. The van der Waals surface area contributed by atoms with E-state index < -0.39 is 0 Å². The molecule has 21 heavy (non-hydrogen) atoms. The molecule has 110 valence electrons. The van der Waals surface area contributed by atoms with Crippen molar-refractivity contribution in [3.63, 3.8) is 0 Å². The van der Waals surface area contributed by atoms with Gasteiger partial charge in [-0.25, -0.2) is 4.98 Å². The molecule has 0 aliphatic rings. The van der Waals surface area contributed by atoms with Crippen LogP contribution in [-0.4, -0.2) is 4.98 Å². The van der Waals surface area contributed by atoms with E-state index in [0.29, 0.717) is 5.15 Å². The number of aryl methyl sites for hydroxylation is 1. The molecule has 0 fully saturated rings. The monoisotopic (exact) mass is 299 g/mol. The third-order valence-electron chi connectivity index (χ3n) is 3.05. The lowest BCUT2D eigenvalue weighted by Crippen LogP contribution is -1.96. The van der Waals surface area contributed by atoms with Crippen molar-refractivity contribution in [2.45, 2.75) is 27.7 Å². The summed E-state index contributed by atoms with van der Waals surface area (Å²) in [7, 11) is 0. The van der Waals surface area contributed by atoms with Gasteiger partial charge in [-0.15, -0.1) is 0 Å². The Bertz CT molecular complexity index is 627. The Hall–Kier alpha value is -1.86. The van der Waals surface area contributed by atoms with E-state index in [9.17, 15) is 0 Å². The fourth-order valence-electron chi connectivity index (χ4n) is 2.03. The highest BCUT2D eigenvalue weighted by Crippen LogP contribution is 2.30. The van der Waals surface area contributed by atoms with Crippen LogP contribution in [0, 0.1) is 6.92 Å². The number of nitrogens with zero attached hydrogens (tertiary/aromatic N) is 1. The topological polar surface area (TPSA) is 12.9 Å². The molecule has 2 aromatic rings. The number of pyridine rings is 1. The molecular formula is C19H22ClN. The molecule has 0 amide bonds. The first kappa shape index (κ1) is 17.2. The van der Waals surface area contributed by atoms with Crippen molar-refractivity contribution in [1.82, 2.24) is 4.98 Å². The zero-order valence-corrected chi connectivity index (χ0v) is 13.9. The molecule has 2 rings (SSSR count). The zero-order valence-electron chi connectivity index (χ0n) is 13.2. The maximum absolute atomic E-state index is 6.00. The van der Waals surface area contributed by atoms with Gasteiger partial charge in [0.1, 0.15) is 5.15 Å². The summed E-state index contributed by atoms with van der Waals surface area (Å²) in [5.74, 6) is 0. The van der Waals surface area contributed by atoms with Crippen LogP contribution in [0.15, 0.2) is 55.1 Å². The summed E-state index contributed by atoms with van der Waals surface area (Å²) < 4.78 is 0. The molecule has 0 aliphatic carbocycles. The van der Waals surface area contributed by atoms with Gasteiger partial charge in [0.25, 0.3) is 0 Å². The molecular weight excluding hydrogens is 278 g/mol. The summed E-state index contributed by atoms with van der Waals surface area (Å²) in [6.07, 6.45) is 2.03. The maximum atomic E-state index is 6.00. The third kappa shape index (κ3) is 4.30. The molecule has 0 N–H and O–H groups in total. The van der Waals surface area contributed by atoms with Crippen LogP contribution in [0.1, 0.15) is 37.6 Å². The minimum atomic E-state index is 0.501. The molecule has 1 nitrogen and oxygen atoms in total. The highest BCUT2D eigenvalue weighted by atomic mass is 35.5. The van der Waals surface area contributed by atoms with Gasteiger partial charge in [-0.05, 0) is 36.6 Å². The number of halogens is 1. The summed E-state index contributed by atoms with van der Waals surface area (Å²) in [4.78, 5) is 4.43. The van der Waals surface area contributed by atoms with Crippen LogP contribution in [-0.2, 0) is 0 Å². The van der Waals surface area contributed by atoms with Crippen LogP contribution in [0.5, 0.6) is 0 Å². The van der Waals surface area contributed by atoms with E-state index in [2.05, 4.69) is 11.6 Å². The van der Waals surface area contributed by atoms with E-state index in [1.54, 1.807) is 6.07 Å². The molecule has 1 aromatic carbocycles. The van der Waals surface area contributed by atoms with Gasteiger partial charge >= 0.3 is 0 Å². The van der Waals surface area contributed by atoms with Crippen molar-refractivity contribution in [2.24, 2.45) is 0 Å². The van der Waals surface area contributed by atoms with E-state index in [1.807, 2.05) is 70.2 Å². The first-order valence-corrected chi connectivity index (χ1v) is 7.56. The predicted molar refractivity (Wildman–Crippen MR) is 94.5 cm³/mol. The molecule has 0 saturated carbocycles. The Morgan fingerprint density at radius 3 is 2.29 bits per heavy atom. The number of aromatic nitrogens is 1. The van der Waals surface area contributed by atoms with Crippen molar-refractivity contribution in [2.75, 3.05) is 0 Å². The lowest BCUT2D eigenvalue weighted by atomic mass is 9.94. The van der Waals surface area contributed by atoms with Crippen LogP contribution in [0.3, 0.4) is 0 Å². The normalized spacial score (nSPS) is 10.6. The van der Waals surface area contributed by atoms with Gasteiger partial charge in [-0.1, -0.05) is 74.5 Å². The average Bonchev–Trinajstić information content (AvgIpc) is 2.54. The Balaban J connectivity index is 0.00000106. The third-order valence-corrected chi connectivity index (χ3v) is 3.26. The number of benzene rings is 1. The van der Waals surface area contributed by atoms with E-state index in [1.165, 1.54) is 0 Å². The highest BCUT2D eigenvalue weighted by Gasteiger charge is 2.11. The molecule has 0 radical (unpaired) electrons. The van der Waals surface area contributed by atoms with Crippen molar-refractivity contribution in [1.29, 1.82) is 0 Å². The van der Waals surface area contributed by atoms with E-state index in [4.69, 9.17) is 11.6 Å². The minimum Gasteiger partial charge on any atom is -0.236 e. The Labute approximate surface area is 133 Å². The van der Waals surface area contributed by atoms with Crippen LogP contribution in [0.2, 0.25) is 5.15 Å². The lowest BCUT2D eigenvalue weighted by Gasteiger charge is -2.13. The summed E-state index contributed by atoms with van der Waals surface area (Å²) in [5, 5.41) is 0.501. The smallest absolute Gasteiger partial charge is 0.129 e. The highest BCUT2D eigenvalue weighted by molar-refractivity contribution is 6.29. The van der Waals surface area contributed by atoms with Crippen LogP contribution >= 0.6 is 11.6 Å². The molecule has 0 unspecified atom stereocenters. The molecule has 0 atom stereocenters. The first-order valence-electron chi connectivity index (χ1n) is 7.18. The number of allylic oxidation sites excluding steroid dienone is 3. The fraction of sp³-hybridized carbons (Fsp3) is 0.211. The van der Waals surface area contributed by atoms with Gasteiger partial charge in [0.2, 0.25) is 0 Å². The maximum Gasteiger partial charge on any atom is 0.129 e. The van der Waals surface area contributed by atoms with E-state index >= 15 is 0 Å². The fourth-order valence-corrected chi connectivity index (χ4v) is 2.17. The van der Waals surface area contributed by atoms with Crippen LogP contribution < -0.4 is 0 Å². The second-order valence-corrected chi connectivity index (χ2v) is 4.73. The van der Waals surface area contributed by atoms with E-state index in [0.717, 1.165) is 28.0 Å². The molecule has 1 aromatic heterocycles. The van der Waals surface area contributed by atoms with Crippen molar-refractivity contribution < 1.29 is 0 Å². The van der Waals surface area contributed by atoms with Crippen LogP contribution in [0.4, 0.5) is 0 Å². The van der Waals surface area contributed by atoms with Crippen molar-refractivity contribution in [3.8, 4) is 0 Å². The Morgan fingerprint density at radius 1 is 1.10 bits per heavy atom. The summed E-state index contributed by atoms with van der Waals surface area (Å²) in [6.45, 7) is 12.2. The molecule has 0 saturated heterocycles. The zero-order chi connectivity index (χ0) is 15.8. The number of rotatable bonds is 3. The van der Waals surface area contributed by atoms with E-state index in [-0.39, 0.29) is 0 Å². The summed E-state index contributed by atoms with van der Waals surface area (Å²) in [6, 6.07) is 13.9. The quantitative estimate of drug-likeness (QED) is 0.486. The summed E-state index contributed by atoms with van der Waals surface area (Å²) >= 11 is 6.00. The Kier molecular flexibility index (Phi) is 6.90. The molecule has 0 aliphatic heterocycles. The summed E-state index contributed by atoms with van der Waals surface area (Å²) in [5.41, 5.74) is 5.06. The van der Waals surface area contributed by atoms with Gasteiger partial charge in [0.05, 0.1) is 5.69 Å². The standard InChI is InChI=1S/C17H16ClN.C2H6/c1-4-15(13(3)14-8-6-5-7-9-14)17-12(2)10-11-16(18)19-17;1-2/h4-11H,3H2,1-2H3;1-2H3/b15-4-;. The first-order chi connectivity index (χ1) is 10.1. The van der Waals surface area contributed by atoms with Gasteiger partial charge in [-0.2, -0.15) is 0 Å². The van der Waals surface area contributed by atoms with Crippen molar-refractivity contribution in [3.05, 3.63) is 77.1 Å². The van der Waals surface area contributed by atoms with Gasteiger partial charge in [0, 0.05) is 5.57 Å². The number of hydrogen-bond donors (Lipinski definition) is 0. The minimum absolute atomic E-state index is 0.501. The van der Waals surface area contributed by atoms with Gasteiger partial charge < -0.3 is 0 Å². The van der Waals surface area contributed by atoms with Gasteiger partial charge in [0.15, 0.2) is 0 Å². The SMILES string of the molecule is C=C(/C(=C/C)c1nc(Cl)ccc1C)c1ccccc1.CC. The lowest BCUT2D eigenvalue weighted by molar-refractivity contribution is 1.22. The molecule has 0 spiro atoms. The average molecular weight is 300 g/mol. The van der Waals surface area contributed by atoms with Crippen molar-refractivity contribution >= 4 is 22.7 Å². The number of hydrogen-bond acceptors (Lipinski definition) is 1.